The number of carbonyl (C=O) groups excluding carboxylic acids is 3. The summed E-state index contributed by atoms with van der Waals surface area (Å²) in [6, 6.07) is 7.96. The van der Waals surface area contributed by atoms with Crippen molar-refractivity contribution in [3.63, 3.8) is 0 Å². The molecule has 2 aromatic heterocycles. The van der Waals surface area contributed by atoms with Crippen LogP contribution in [0, 0.1) is 0 Å². The number of anilines is 1. The van der Waals surface area contributed by atoms with Gasteiger partial charge < -0.3 is 15.6 Å². The first kappa shape index (κ1) is 23.4. The smallest absolute Gasteiger partial charge is 0.253 e. The predicted octanol–water partition coefficient (Wildman–Crippen LogP) is 2.72. The van der Waals surface area contributed by atoms with E-state index < -0.39 is 0 Å². The van der Waals surface area contributed by atoms with Gasteiger partial charge in [0.25, 0.3) is 11.8 Å². The van der Waals surface area contributed by atoms with Gasteiger partial charge >= 0.3 is 0 Å². The number of imide groups is 1. The molecule has 0 radical (unpaired) electrons. The Bertz CT molecular complexity index is 1240. The average Bonchev–Trinajstić information content (AvgIpc) is 3.36. The summed E-state index contributed by atoms with van der Waals surface area (Å²) < 4.78 is 2.25. The second-order valence-electron chi connectivity index (χ2n) is 8.46. The summed E-state index contributed by atoms with van der Waals surface area (Å²) in [7, 11) is 0. The van der Waals surface area contributed by atoms with Crippen LogP contribution in [0.3, 0.4) is 0 Å². The standard InChI is InChI=1S/C25H30N6O3/c1-2-3-10-19-29-23-24(17-8-4-5-9-18(17)28-25(23)26)30(19)15-7-6-14-27-20(32)13-16-31-21(33)11-12-22(31)34/h4-5,8-9,11-12H,2-3,6-7,10,13-16H2,1H3,(H2,26,28)(H,27,32). The molecule has 178 valence electrons. The number of aromatic nitrogens is 3. The summed E-state index contributed by atoms with van der Waals surface area (Å²) in [4.78, 5) is 45.7. The van der Waals surface area contributed by atoms with Gasteiger partial charge in [-0.05, 0) is 25.3 Å². The first-order chi connectivity index (χ1) is 16.5. The molecule has 0 spiro atoms. The van der Waals surface area contributed by atoms with Crippen molar-refractivity contribution in [3.8, 4) is 0 Å². The predicted molar refractivity (Wildman–Crippen MR) is 131 cm³/mol. The van der Waals surface area contributed by atoms with E-state index >= 15 is 0 Å². The van der Waals surface area contributed by atoms with Crippen LogP contribution in [0.15, 0.2) is 36.4 Å². The SMILES string of the molecule is CCCCc1nc2c(N)nc3ccccc3c2n1CCCCNC(=O)CCN1C(=O)C=CC1=O. The van der Waals surface area contributed by atoms with E-state index in [1.165, 1.54) is 12.2 Å². The lowest BCUT2D eigenvalue weighted by molar-refractivity contribution is -0.137. The number of para-hydroxylation sites is 1. The molecule has 3 N–H and O–H groups in total. The van der Waals surface area contributed by atoms with E-state index in [4.69, 9.17) is 10.7 Å². The molecule has 3 aromatic rings. The number of nitrogen functional groups attached to an aromatic ring is 1. The Balaban J connectivity index is 1.37. The fourth-order valence-corrected chi connectivity index (χ4v) is 4.25. The summed E-state index contributed by atoms with van der Waals surface area (Å²) in [6.45, 7) is 3.55. The fraction of sp³-hybridized carbons (Fsp3) is 0.400. The zero-order valence-electron chi connectivity index (χ0n) is 19.4. The second-order valence-corrected chi connectivity index (χ2v) is 8.46. The molecule has 0 saturated heterocycles. The lowest BCUT2D eigenvalue weighted by Crippen LogP contribution is -2.35. The molecule has 0 saturated carbocycles. The third-order valence-electron chi connectivity index (χ3n) is 6.04. The van der Waals surface area contributed by atoms with E-state index in [0.29, 0.717) is 12.4 Å². The maximum absolute atomic E-state index is 12.1. The Morgan fingerprint density at radius 1 is 1.03 bits per heavy atom. The van der Waals surface area contributed by atoms with Crippen molar-refractivity contribution in [1.29, 1.82) is 0 Å². The molecule has 4 rings (SSSR count). The van der Waals surface area contributed by atoms with E-state index in [1.807, 2.05) is 18.2 Å². The fourth-order valence-electron chi connectivity index (χ4n) is 4.25. The molecule has 0 unspecified atom stereocenters. The Labute approximate surface area is 198 Å². The quantitative estimate of drug-likeness (QED) is 0.334. The van der Waals surface area contributed by atoms with Crippen molar-refractivity contribution < 1.29 is 14.4 Å². The van der Waals surface area contributed by atoms with E-state index in [-0.39, 0.29) is 30.7 Å². The minimum Gasteiger partial charge on any atom is -0.382 e. The van der Waals surface area contributed by atoms with Crippen molar-refractivity contribution in [1.82, 2.24) is 24.8 Å². The zero-order chi connectivity index (χ0) is 24.1. The maximum atomic E-state index is 12.1. The summed E-state index contributed by atoms with van der Waals surface area (Å²) in [5, 5.41) is 3.92. The molecule has 9 heteroatoms. The highest BCUT2D eigenvalue weighted by molar-refractivity contribution is 6.13. The number of imidazole rings is 1. The molecule has 0 atom stereocenters. The zero-order valence-corrected chi connectivity index (χ0v) is 19.4. The van der Waals surface area contributed by atoms with Gasteiger partial charge in [-0.25, -0.2) is 9.97 Å². The summed E-state index contributed by atoms with van der Waals surface area (Å²) in [5.41, 5.74) is 8.87. The Kier molecular flexibility index (Phi) is 7.20. The molecule has 1 aromatic carbocycles. The van der Waals surface area contributed by atoms with Crippen molar-refractivity contribution in [2.45, 2.75) is 52.0 Å². The van der Waals surface area contributed by atoms with Crippen molar-refractivity contribution in [3.05, 3.63) is 42.2 Å². The minimum atomic E-state index is -0.368. The topological polar surface area (TPSA) is 123 Å². The van der Waals surface area contributed by atoms with Gasteiger partial charge in [-0.15, -0.1) is 0 Å². The number of carbonyl (C=O) groups is 3. The van der Waals surface area contributed by atoms with Gasteiger partial charge in [-0.2, -0.15) is 0 Å². The van der Waals surface area contributed by atoms with Gasteiger partial charge in [-0.1, -0.05) is 31.5 Å². The van der Waals surface area contributed by atoms with Crippen LogP contribution in [-0.4, -0.2) is 50.2 Å². The number of aryl methyl sites for hydroxylation is 2. The largest absolute Gasteiger partial charge is 0.382 e. The summed E-state index contributed by atoms with van der Waals surface area (Å²) in [5.74, 6) is 0.552. The van der Waals surface area contributed by atoms with Crippen LogP contribution in [0.5, 0.6) is 0 Å². The van der Waals surface area contributed by atoms with Gasteiger partial charge in [0.1, 0.15) is 11.3 Å². The van der Waals surface area contributed by atoms with Gasteiger partial charge in [0.05, 0.1) is 11.0 Å². The number of hydrogen-bond acceptors (Lipinski definition) is 6. The van der Waals surface area contributed by atoms with Crippen LogP contribution in [0.25, 0.3) is 21.9 Å². The Morgan fingerprint density at radius 3 is 2.56 bits per heavy atom. The third-order valence-corrected chi connectivity index (χ3v) is 6.04. The maximum Gasteiger partial charge on any atom is 0.253 e. The highest BCUT2D eigenvalue weighted by Gasteiger charge is 2.23. The molecule has 9 nitrogen and oxygen atoms in total. The van der Waals surface area contributed by atoms with Gasteiger partial charge in [-0.3, -0.25) is 19.3 Å². The number of nitrogens with two attached hydrogens (primary N) is 1. The molecule has 3 heterocycles. The van der Waals surface area contributed by atoms with Crippen molar-refractivity contribution in [2.75, 3.05) is 18.8 Å². The molecule has 0 bridgehead atoms. The van der Waals surface area contributed by atoms with Crippen LogP contribution in [0.1, 0.15) is 44.9 Å². The highest BCUT2D eigenvalue weighted by Crippen LogP contribution is 2.29. The van der Waals surface area contributed by atoms with Crippen molar-refractivity contribution in [2.24, 2.45) is 0 Å². The number of amides is 3. The van der Waals surface area contributed by atoms with Crippen LogP contribution in [0.4, 0.5) is 5.82 Å². The number of rotatable bonds is 11. The molecule has 3 amide bonds. The van der Waals surface area contributed by atoms with Gasteiger partial charge in [0.15, 0.2) is 5.82 Å². The van der Waals surface area contributed by atoms with Crippen LogP contribution < -0.4 is 11.1 Å². The Hall–Kier alpha value is -3.75. The lowest BCUT2D eigenvalue weighted by Gasteiger charge is -2.13. The van der Waals surface area contributed by atoms with Crippen LogP contribution in [-0.2, 0) is 27.3 Å². The van der Waals surface area contributed by atoms with E-state index in [9.17, 15) is 14.4 Å². The summed E-state index contributed by atoms with van der Waals surface area (Å²) in [6.07, 6.45) is 7.19. The third kappa shape index (κ3) is 4.93. The first-order valence-corrected chi connectivity index (χ1v) is 11.8. The number of hydrogen-bond donors (Lipinski definition) is 2. The number of fused-ring (bicyclic) bond motifs is 3. The molecular weight excluding hydrogens is 432 g/mol. The van der Waals surface area contributed by atoms with E-state index in [2.05, 4.69) is 27.9 Å². The number of pyridine rings is 1. The molecule has 0 aliphatic carbocycles. The first-order valence-electron chi connectivity index (χ1n) is 11.8. The number of nitrogens with zero attached hydrogens (tertiary/aromatic N) is 4. The monoisotopic (exact) mass is 462 g/mol. The van der Waals surface area contributed by atoms with Gasteiger partial charge in [0, 0.05) is 50.0 Å². The average molecular weight is 463 g/mol. The van der Waals surface area contributed by atoms with Crippen LogP contribution >= 0.6 is 0 Å². The normalized spacial score (nSPS) is 13.5. The van der Waals surface area contributed by atoms with Crippen LogP contribution in [0.2, 0.25) is 0 Å². The minimum absolute atomic E-state index is 0.0981. The number of nitrogens with one attached hydrogen (secondary N) is 1. The van der Waals surface area contributed by atoms with Crippen molar-refractivity contribution >= 4 is 45.5 Å². The van der Waals surface area contributed by atoms with Gasteiger partial charge in [0.2, 0.25) is 5.91 Å². The summed E-state index contributed by atoms with van der Waals surface area (Å²) >= 11 is 0. The Morgan fingerprint density at radius 2 is 1.79 bits per heavy atom. The molecular formula is C25H30N6O3. The second kappa shape index (κ2) is 10.5. The van der Waals surface area contributed by atoms with E-state index in [1.54, 1.807) is 0 Å². The molecule has 34 heavy (non-hydrogen) atoms. The van der Waals surface area contributed by atoms with E-state index in [0.717, 1.165) is 71.3 Å². The number of benzene rings is 1. The lowest BCUT2D eigenvalue weighted by atomic mass is 10.2. The molecule has 1 aliphatic rings. The highest BCUT2D eigenvalue weighted by atomic mass is 16.2. The number of unbranched alkanes of at least 4 members (excludes halogenated alkanes) is 2. The molecule has 0 fully saturated rings. The molecule has 1 aliphatic heterocycles.